The smallest absolute Gasteiger partial charge is 0.379 e. The van der Waals surface area contributed by atoms with E-state index in [0.29, 0.717) is 49.0 Å². The summed E-state index contributed by atoms with van der Waals surface area (Å²) in [6.45, 7) is 4.53. The van der Waals surface area contributed by atoms with Crippen molar-refractivity contribution in [1.82, 2.24) is 20.4 Å². The van der Waals surface area contributed by atoms with Gasteiger partial charge in [-0.3, -0.25) is 14.9 Å². The number of likely N-dealkylation sites (N-methyl/N-ethyl adjacent to an activating group) is 1. The van der Waals surface area contributed by atoms with Gasteiger partial charge < -0.3 is 20.4 Å². The maximum absolute atomic E-state index is 14.7. The van der Waals surface area contributed by atoms with Crippen LogP contribution >= 0.6 is 0 Å². The van der Waals surface area contributed by atoms with E-state index >= 15 is 0 Å². The molecule has 4 rings (SSSR count). The van der Waals surface area contributed by atoms with E-state index in [0.717, 1.165) is 6.54 Å². The monoisotopic (exact) mass is 537 g/mol. The fourth-order valence-corrected chi connectivity index (χ4v) is 5.44. The normalized spacial score (nSPS) is 28.4. The molecule has 0 radical (unpaired) electrons. The minimum Gasteiger partial charge on any atom is -0.379 e. The average molecular weight is 538 g/mol. The molecular weight excluding hydrogens is 502 g/mol. The standard InChI is InChI=1S/C27H35F4N5O2/c1-16(27(29,30)31)25-18-7-4-8-21(34-22-11-13-35(2)15-20(22)28)19(18)14-17(33-25)6-5-12-32-26(38)23-9-10-24(37)36(23)3/h4-8,17,20,22-23,25,33-34H,1,9-15H2,2-3H3,(H,32,38)/b6-5+/t17?,20-,22+,23+,25?/m0/s1. The summed E-state index contributed by atoms with van der Waals surface area (Å²) in [5.41, 5.74) is 0.880. The molecular formula is C27H35F4N5O2. The lowest BCUT2D eigenvalue weighted by molar-refractivity contribution is -0.133. The number of rotatable bonds is 7. The van der Waals surface area contributed by atoms with Crippen molar-refractivity contribution in [3.63, 3.8) is 0 Å². The van der Waals surface area contributed by atoms with Crippen LogP contribution in [0.2, 0.25) is 0 Å². The molecule has 2 amide bonds. The number of carbonyl (C=O) groups is 2. The third-order valence-electron chi connectivity index (χ3n) is 7.68. The first-order valence-electron chi connectivity index (χ1n) is 12.9. The van der Waals surface area contributed by atoms with E-state index in [1.807, 2.05) is 11.9 Å². The van der Waals surface area contributed by atoms with Crippen LogP contribution in [-0.2, 0) is 16.0 Å². The Bertz CT molecular complexity index is 1090. The first kappa shape index (κ1) is 28.1. The van der Waals surface area contributed by atoms with Gasteiger partial charge in [-0.05, 0) is 43.5 Å². The summed E-state index contributed by atoms with van der Waals surface area (Å²) in [5.74, 6) is -0.343. The Morgan fingerprint density at radius 2 is 2.03 bits per heavy atom. The molecule has 0 aromatic heterocycles. The number of benzene rings is 1. The Balaban J connectivity index is 1.50. The van der Waals surface area contributed by atoms with Crippen LogP contribution in [0.4, 0.5) is 23.2 Å². The molecule has 2 saturated heterocycles. The molecule has 0 saturated carbocycles. The molecule has 3 heterocycles. The summed E-state index contributed by atoms with van der Waals surface area (Å²) in [7, 11) is 3.45. The van der Waals surface area contributed by atoms with Gasteiger partial charge in [0.25, 0.3) is 0 Å². The summed E-state index contributed by atoms with van der Waals surface area (Å²) < 4.78 is 55.9. The number of fused-ring (bicyclic) bond motifs is 1. The summed E-state index contributed by atoms with van der Waals surface area (Å²) in [5, 5.41) is 9.07. The van der Waals surface area contributed by atoms with Gasteiger partial charge >= 0.3 is 6.18 Å². The van der Waals surface area contributed by atoms with Crippen LogP contribution in [0.1, 0.15) is 36.4 Å². The van der Waals surface area contributed by atoms with Crippen molar-refractivity contribution in [2.75, 3.05) is 39.0 Å². The van der Waals surface area contributed by atoms with E-state index in [1.54, 1.807) is 37.4 Å². The molecule has 3 aliphatic heterocycles. The summed E-state index contributed by atoms with van der Waals surface area (Å²) >= 11 is 0. The van der Waals surface area contributed by atoms with Gasteiger partial charge in [-0.1, -0.05) is 30.9 Å². The quantitative estimate of drug-likeness (QED) is 0.368. The van der Waals surface area contributed by atoms with Crippen molar-refractivity contribution >= 4 is 17.5 Å². The van der Waals surface area contributed by atoms with Crippen LogP contribution in [0.5, 0.6) is 0 Å². The van der Waals surface area contributed by atoms with Gasteiger partial charge in [0, 0.05) is 50.4 Å². The predicted molar refractivity (Wildman–Crippen MR) is 137 cm³/mol. The predicted octanol–water partition coefficient (Wildman–Crippen LogP) is 3.11. The van der Waals surface area contributed by atoms with Crippen LogP contribution in [0.3, 0.4) is 0 Å². The van der Waals surface area contributed by atoms with Crippen LogP contribution in [0, 0.1) is 0 Å². The zero-order chi connectivity index (χ0) is 27.6. The topological polar surface area (TPSA) is 76.7 Å². The van der Waals surface area contributed by atoms with Gasteiger partial charge in [-0.2, -0.15) is 13.2 Å². The second-order valence-electron chi connectivity index (χ2n) is 10.4. The third kappa shape index (κ3) is 6.20. The number of likely N-dealkylation sites (tertiary alicyclic amines) is 2. The fraction of sp³-hybridized carbons (Fsp3) is 0.556. The van der Waals surface area contributed by atoms with Crippen LogP contribution in [0.15, 0.2) is 42.5 Å². The lowest BCUT2D eigenvalue weighted by atomic mass is 9.85. The molecule has 1 aromatic rings. The molecule has 5 atom stereocenters. The number of nitrogens with zero attached hydrogens (tertiary/aromatic N) is 2. The molecule has 2 fully saturated rings. The molecule has 3 N–H and O–H groups in total. The Kier molecular flexibility index (Phi) is 8.46. The molecule has 0 aliphatic carbocycles. The number of hydrogen-bond donors (Lipinski definition) is 3. The lowest BCUT2D eigenvalue weighted by Crippen LogP contribution is -2.47. The molecule has 38 heavy (non-hydrogen) atoms. The summed E-state index contributed by atoms with van der Waals surface area (Å²) in [6, 6.07) is 2.53. The van der Waals surface area contributed by atoms with E-state index in [9.17, 15) is 27.2 Å². The molecule has 0 spiro atoms. The van der Waals surface area contributed by atoms with Crippen molar-refractivity contribution in [2.24, 2.45) is 0 Å². The van der Waals surface area contributed by atoms with E-state index < -0.39 is 42.1 Å². The number of alkyl halides is 4. The molecule has 7 nitrogen and oxygen atoms in total. The van der Waals surface area contributed by atoms with E-state index in [1.165, 1.54) is 4.90 Å². The van der Waals surface area contributed by atoms with E-state index in [4.69, 9.17) is 0 Å². The Morgan fingerprint density at radius 1 is 1.26 bits per heavy atom. The number of piperidine rings is 1. The number of halogens is 4. The number of amides is 2. The van der Waals surface area contributed by atoms with Gasteiger partial charge in [0.05, 0.1) is 12.1 Å². The van der Waals surface area contributed by atoms with Gasteiger partial charge in [0.1, 0.15) is 12.2 Å². The number of carbonyl (C=O) groups excluding carboxylic acids is 2. The van der Waals surface area contributed by atoms with Crippen molar-refractivity contribution < 1.29 is 27.2 Å². The Hall–Kier alpha value is -2.92. The van der Waals surface area contributed by atoms with Crippen LogP contribution in [-0.4, -0.2) is 85.8 Å². The van der Waals surface area contributed by atoms with Crippen molar-refractivity contribution in [3.05, 3.63) is 53.6 Å². The van der Waals surface area contributed by atoms with Crippen LogP contribution < -0.4 is 16.0 Å². The first-order valence-corrected chi connectivity index (χ1v) is 12.9. The van der Waals surface area contributed by atoms with Crippen LogP contribution in [0.25, 0.3) is 0 Å². The zero-order valence-electron chi connectivity index (χ0n) is 21.7. The highest BCUT2D eigenvalue weighted by atomic mass is 19.4. The maximum Gasteiger partial charge on any atom is 0.413 e. The van der Waals surface area contributed by atoms with Gasteiger partial charge in [0.2, 0.25) is 11.8 Å². The summed E-state index contributed by atoms with van der Waals surface area (Å²) in [4.78, 5) is 27.4. The van der Waals surface area contributed by atoms with Gasteiger partial charge in [-0.15, -0.1) is 0 Å². The first-order chi connectivity index (χ1) is 18.0. The Morgan fingerprint density at radius 3 is 2.68 bits per heavy atom. The highest BCUT2D eigenvalue weighted by molar-refractivity contribution is 5.90. The number of nitrogens with one attached hydrogen (secondary N) is 3. The molecule has 11 heteroatoms. The van der Waals surface area contributed by atoms with Gasteiger partial charge in [0.15, 0.2) is 0 Å². The molecule has 1 aromatic carbocycles. The fourth-order valence-electron chi connectivity index (χ4n) is 5.44. The highest BCUT2D eigenvalue weighted by Crippen LogP contribution is 2.40. The third-order valence-corrected chi connectivity index (χ3v) is 7.68. The van der Waals surface area contributed by atoms with Crippen molar-refractivity contribution in [3.8, 4) is 0 Å². The maximum atomic E-state index is 14.7. The SMILES string of the molecule is C=C(C1NC(/C=C/CNC(=O)[C@H]2CCC(=O)N2C)Cc2c(N[C@@H]3CCN(C)C[C@@H]3F)cccc21)C(F)(F)F. The molecule has 2 unspecified atom stereocenters. The summed E-state index contributed by atoms with van der Waals surface area (Å²) in [6.07, 6.45) is -0.515. The number of anilines is 1. The second-order valence-corrected chi connectivity index (χ2v) is 10.4. The second kappa shape index (κ2) is 11.4. The largest absolute Gasteiger partial charge is 0.413 e. The molecule has 208 valence electrons. The van der Waals surface area contributed by atoms with Crippen molar-refractivity contribution in [2.45, 2.75) is 62.2 Å². The molecule has 3 aliphatic rings. The minimum atomic E-state index is -4.60. The van der Waals surface area contributed by atoms with Crippen molar-refractivity contribution in [1.29, 1.82) is 0 Å². The van der Waals surface area contributed by atoms with E-state index in [-0.39, 0.29) is 18.4 Å². The van der Waals surface area contributed by atoms with E-state index in [2.05, 4.69) is 22.5 Å². The Labute approximate surface area is 220 Å². The molecule has 0 bridgehead atoms. The zero-order valence-corrected chi connectivity index (χ0v) is 21.7. The number of hydrogen-bond acceptors (Lipinski definition) is 5. The average Bonchev–Trinajstić information content (AvgIpc) is 3.20. The highest BCUT2D eigenvalue weighted by Gasteiger charge is 2.41. The minimum absolute atomic E-state index is 0.0783. The lowest BCUT2D eigenvalue weighted by Gasteiger charge is -2.37. The van der Waals surface area contributed by atoms with Gasteiger partial charge in [-0.25, -0.2) is 4.39 Å².